The normalized spacial score (nSPS) is 23.0. The van der Waals surface area contributed by atoms with Gasteiger partial charge in [-0.15, -0.1) is 11.6 Å². The summed E-state index contributed by atoms with van der Waals surface area (Å²) in [5, 5.41) is 2.32. The largest absolute Gasteiger partial charge is 0.338 e. The molecule has 0 bridgehead atoms. The van der Waals surface area contributed by atoms with Crippen molar-refractivity contribution < 1.29 is 4.79 Å². The highest BCUT2D eigenvalue weighted by Crippen LogP contribution is 2.25. The third kappa shape index (κ3) is 2.40. The molecule has 2 aromatic carbocycles. The molecule has 1 amide bonds. The van der Waals surface area contributed by atoms with Crippen molar-refractivity contribution in [3.63, 3.8) is 0 Å². The lowest BCUT2D eigenvalue weighted by Gasteiger charge is -2.34. The fourth-order valence-electron chi connectivity index (χ4n) is 2.88. The highest BCUT2D eigenvalue weighted by Gasteiger charge is 2.28. The van der Waals surface area contributed by atoms with Gasteiger partial charge in [0, 0.05) is 24.0 Å². The monoisotopic (exact) mass is 287 g/mol. The van der Waals surface area contributed by atoms with Crippen molar-refractivity contribution >= 4 is 28.3 Å². The highest BCUT2D eigenvalue weighted by molar-refractivity contribution is 6.21. The number of alkyl halides is 1. The first-order valence-electron chi connectivity index (χ1n) is 7.08. The number of hydrogen-bond acceptors (Lipinski definition) is 1. The molecule has 20 heavy (non-hydrogen) atoms. The van der Waals surface area contributed by atoms with Crippen LogP contribution < -0.4 is 0 Å². The molecular weight excluding hydrogens is 270 g/mol. The molecule has 1 aliphatic heterocycles. The van der Waals surface area contributed by atoms with Gasteiger partial charge in [-0.3, -0.25) is 4.79 Å². The SMILES string of the molecule is CC1CN(C(=O)c2cccc3ccccc23)CCC1Cl. The summed E-state index contributed by atoms with van der Waals surface area (Å²) in [6.45, 7) is 3.61. The minimum Gasteiger partial charge on any atom is -0.338 e. The number of hydrogen-bond donors (Lipinski definition) is 0. The van der Waals surface area contributed by atoms with Crippen LogP contribution in [0.3, 0.4) is 0 Å². The summed E-state index contributed by atoms with van der Waals surface area (Å²) in [5.41, 5.74) is 0.795. The van der Waals surface area contributed by atoms with Gasteiger partial charge in [-0.2, -0.15) is 0 Å². The quantitative estimate of drug-likeness (QED) is 0.728. The van der Waals surface area contributed by atoms with Crippen molar-refractivity contribution in [2.24, 2.45) is 5.92 Å². The number of halogens is 1. The van der Waals surface area contributed by atoms with E-state index >= 15 is 0 Å². The van der Waals surface area contributed by atoms with E-state index < -0.39 is 0 Å². The molecule has 2 unspecified atom stereocenters. The number of amides is 1. The van der Waals surface area contributed by atoms with Gasteiger partial charge in [0.1, 0.15) is 0 Å². The van der Waals surface area contributed by atoms with E-state index in [0.717, 1.165) is 35.8 Å². The number of nitrogens with zero attached hydrogens (tertiary/aromatic N) is 1. The van der Waals surface area contributed by atoms with Gasteiger partial charge in [-0.25, -0.2) is 0 Å². The van der Waals surface area contributed by atoms with E-state index in [9.17, 15) is 4.79 Å². The van der Waals surface area contributed by atoms with Gasteiger partial charge in [-0.05, 0) is 29.2 Å². The van der Waals surface area contributed by atoms with E-state index in [-0.39, 0.29) is 11.3 Å². The smallest absolute Gasteiger partial charge is 0.254 e. The lowest BCUT2D eigenvalue weighted by Crippen LogP contribution is -2.43. The van der Waals surface area contributed by atoms with E-state index in [1.54, 1.807) is 0 Å². The maximum atomic E-state index is 12.7. The summed E-state index contributed by atoms with van der Waals surface area (Å²) in [5.74, 6) is 0.474. The van der Waals surface area contributed by atoms with Gasteiger partial charge >= 0.3 is 0 Å². The van der Waals surface area contributed by atoms with Gasteiger partial charge in [0.2, 0.25) is 0 Å². The molecule has 1 saturated heterocycles. The average Bonchev–Trinajstić information content (AvgIpc) is 2.49. The maximum absolute atomic E-state index is 12.7. The van der Waals surface area contributed by atoms with Crippen molar-refractivity contribution in [3.8, 4) is 0 Å². The van der Waals surface area contributed by atoms with Gasteiger partial charge in [-0.1, -0.05) is 43.3 Å². The number of benzene rings is 2. The summed E-state index contributed by atoms with van der Waals surface area (Å²) in [4.78, 5) is 14.7. The summed E-state index contributed by atoms with van der Waals surface area (Å²) in [7, 11) is 0. The first-order valence-corrected chi connectivity index (χ1v) is 7.51. The Morgan fingerprint density at radius 1 is 1.20 bits per heavy atom. The topological polar surface area (TPSA) is 20.3 Å². The van der Waals surface area contributed by atoms with Gasteiger partial charge in [0.15, 0.2) is 0 Å². The molecule has 104 valence electrons. The third-order valence-corrected chi connectivity index (χ3v) is 4.76. The number of rotatable bonds is 1. The van der Waals surface area contributed by atoms with Crippen molar-refractivity contribution in [2.75, 3.05) is 13.1 Å². The molecule has 3 heteroatoms. The Morgan fingerprint density at radius 2 is 1.95 bits per heavy atom. The Labute approximate surface area is 124 Å². The molecule has 3 rings (SSSR count). The Morgan fingerprint density at radius 3 is 2.75 bits per heavy atom. The molecule has 2 atom stereocenters. The van der Waals surface area contributed by atoms with Crippen LogP contribution in [-0.4, -0.2) is 29.3 Å². The second kappa shape index (κ2) is 5.45. The van der Waals surface area contributed by atoms with Crippen LogP contribution in [0.25, 0.3) is 10.8 Å². The molecule has 0 saturated carbocycles. The van der Waals surface area contributed by atoms with E-state index in [2.05, 4.69) is 6.92 Å². The first kappa shape index (κ1) is 13.4. The van der Waals surface area contributed by atoms with Crippen LogP contribution in [0.4, 0.5) is 0 Å². The fraction of sp³-hybridized carbons (Fsp3) is 0.353. The van der Waals surface area contributed by atoms with Crippen LogP contribution in [0.1, 0.15) is 23.7 Å². The van der Waals surface area contributed by atoms with E-state index in [1.165, 1.54) is 0 Å². The van der Waals surface area contributed by atoms with Gasteiger partial charge < -0.3 is 4.90 Å². The molecule has 0 aliphatic carbocycles. The van der Waals surface area contributed by atoms with Gasteiger partial charge in [0.05, 0.1) is 0 Å². The molecule has 0 aromatic heterocycles. The predicted octanol–water partition coefficient (Wildman–Crippen LogP) is 3.93. The fourth-order valence-corrected chi connectivity index (χ4v) is 3.06. The summed E-state index contributed by atoms with van der Waals surface area (Å²) < 4.78 is 0. The van der Waals surface area contributed by atoms with Crippen LogP contribution in [0.5, 0.6) is 0 Å². The van der Waals surface area contributed by atoms with E-state index in [0.29, 0.717) is 5.92 Å². The van der Waals surface area contributed by atoms with Crippen molar-refractivity contribution in [1.29, 1.82) is 0 Å². The Bertz CT molecular complexity index is 634. The molecule has 2 nitrogen and oxygen atoms in total. The highest BCUT2D eigenvalue weighted by atomic mass is 35.5. The molecule has 0 N–H and O–H groups in total. The van der Waals surface area contributed by atoms with Crippen LogP contribution in [-0.2, 0) is 0 Å². The lowest BCUT2D eigenvalue weighted by atomic mass is 9.97. The Kier molecular flexibility index (Phi) is 3.66. The van der Waals surface area contributed by atoms with Crippen molar-refractivity contribution in [1.82, 2.24) is 4.90 Å². The average molecular weight is 288 g/mol. The first-order chi connectivity index (χ1) is 9.66. The zero-order chi connectivity index (χ0) is 14.1. The molecule has 1 fully saturated rings. The molecule has 1 aliphatic rings. The molecule has 0 spiro atoms. The van der Waals surface area contributed by atoms with Crippen molar-refractivity contribution in [3.05, 3.63) is 48.0 Å². The molecule has 1 heterocycles. The minimum absolute atomic E-state index is 0.122. The zero-order valence-corrected chi connectivity index (χ0v) is 12.3. The van der Waals surface area contributed by atoms with Crippen LogP contribution in [0.2, 0.25) is 0 Å². The maximum Gasteiger partial charge on any atom is 0.254 e. The van der Waals surface area contributed by atoms with Crippen LogP contribution in [0.15, 0.2) is 42.5 Å². The second-order valence-electron chi connectivity index (χ2n) is 5.56. The third-order valence-electron chi connectivity index (χ3n) is 4.11. The lowest BCUT2D eigenvalue weighted by molar-refractivity contribution is 0.0689. The van der Waals surface area contributed by atoms with Crippen molar-refractivity contribution in [2.45, 2.75) is 18.7 Å². The van der Waals surface area contributed by atoms with Crippen LogP contribution in [0, 0.1) is 5.92 Å². The predicted molar refractivity (Wildman–Crippen MR) is 83.3 cm³/mol. The summed E-state index contributed by atoms with van der Waals surface area (Å²) in [6, 6.07) is 13.9. The molecule has 2 aromatic rings. The van der Waals surface area contributed by atoms with E-state index in [4.69, 9.17) is 11.6 Å². The van der Waals surface area contributed by atoms with E-state index in [1.807, 2.05) is 47.4 Å². The minimum atomic E-state index is 0.122. The Hall–Kier alpha value is -1.54. The number of fused-ring (bicyclic) bond motifs is 1. The zero-order valence-electron chi connectivity index (χ0n) is 11.6. The molecular formula is C17H18ClNO. The molecule has 0 radical (unpaired) electrons. The number of carbonyl (C=O) groups excluding carboxylic acids is 1. The number of likely N-dealkylation sites (tertiary alicyclic amines) is 1. The second-order valence-corrected chi connectivity index (χ2v) is 6.12. The van der Waals surface area contributed by atoms with Gasteiger partial charge in [0.25, 0.3) is 5.91 Å². The standard InChI is InChI=1S/C17H18ClNO/c1-12-11-19(10-9-16(12)18)17(20)15-8-4-6-13-5-2-3-7-14(13)15/h2-8,12,16H,9-11H2,1H3. The number of carbonyl (C=O) groups is 1. The number of piperidine rings is 1. The Balaban J connectivity index is 1.93. The van der Waals surface area contributed by atoms with Crippen LogP contribution >= 0.6 is 11.6 Å². The summed E-state index contributed by atoms with van der Waals surface area (Å²) >= 11 is 6.24. The summed E-state index contributed by atoms with van der Waals surface area (Å²) in [6.07, 6.45) is 0.874.